The average molecular weight is 374 g/mol. The molecule has 4 aromatic rings. The van der Waals surface area contributed by atoms with Crippen LogP contribution in [0.15, 0.2) is 77.3 Å². The second-order valence-corrected chi connectivity index (χ2v) is 6.08. The molecule has 1 N–H and O–H groups in total. The van der Waals surface area contributed by atoms with E-state index < -0.39 is 0 Å². The zero-order valence-electron chi connectivity index (χ0n) is 15.2. The van der Waals surface area contributed by atoms with Gasteiger partial charge in [0.05, 0.1) is 24.5 Å². The van der Waals surface area contributed by atoms with E-state index >= 15 is 0 Å². The summed E-state index contributed by atoms with van der Waals surface area (Å²) in [5.74, 6) is 1.63. The van der Waals surface area contributed by atoms with E-state index in [1.807, 2.05) is 54.6 Å². The Balaban J connectivity index is 1.42. The molecule has 0 atom stereocenters. The fourth-order valence-electron chi connectivity index (χ4n) is 2.80. The normalized spacial score (nSPS) is 10.6. The van der Waals surface area contributed by atoms with Gasteiger partial charge in [0.1, 0.15) is 12.4 Å². The number of carbonyl (C=O) groups is 1. The zero-order chi connectivity index (χ0) is 19.3. The van der Waals surface area contributed by atoms with E-state index in [9.17, 15) is 4.79 Å². The van der Waals surface area contributed by atoms with E-state index in [2.05, 4.69) is 10.3 Å². The van der Waals surface area contributed by atoms with Gasteiger partial charge in [-0.3, -0.25) is 9.78 Å². The van der Waals surface area contributed by atoms with Gasteiger partial charge in [0.2, 0.25) is 0 Å². The van der Waals surface area contributed by atoms with Crippen LogP contribution in [0.1, 0.15) is 16.3 Å². The van der Waals surface area contributed by atoms with Gasteiger partial charge in [-0.2, -0.15) is 0 Å². The molecule has 0 unspecified atom stereocenters. The molecule has 2 aromatic heterocycles. The summed E-state index contributed by atoms with van der Waals surface area (Å²) in [6.45, 7) is 0.186. The number of pyridine rings is 1. The van der Waals surface area contributed by atoms with E-state index in [1.54, 1.807) is 25.4 Å². The molecule has 6 nitrogen and oxygen atoms in total. The van der Waals surface area contributed by atoms with Crippen molar-refractivity contribution in [3.05, 3.63) is 84.4 Å². The molecule has 0 bridgehead atoms. The second kappa shape index (κ2) is 7.84. The molecule has 0 saturated heterocycles. The maximum absolute atomic E-state index is 12.4. The number of methoxy groups -OCH3 is 1. The Bertz CT molecular complexity index is 1120. The number of furan rings is 1. The van der Waals surface area contributed by atoms with Crippen molar-refractivity contribution in [3.63, 3.8) is 0 Å². The number of nitrogens with one attached hydrogen (secondary N) is 1. The van der Waals surface area contributed by atoms with Crippen molar-refractivity contribution in [1.29, 1.82) is 0 Å². The number of amides is 1. The largest absolute Gasteiger partial charge is 0.493 e. The third-order valence-electron chi connectivity index (χ3n) is 4.17. The first kappa shape index (κ1) is 17.6. The van der Waals surface area contributed by atoms with Crippen LogP contribution in [0.3, 0.4) is 0 Å². The van der Waals surface area contributed by atoms with Crippen LogP contribution < -0.4 is 14.8 Å². The van der Waals surface area contributed by atoms with Gasteiger partial charge in [0.15, 0.2) is 17.3 Å². The number of nitrogens with zero attached hydrogens (tertiary/aromatic N) is 1. The summed E-state index contributed by atoms with van der Waals surface area (Å²) in [6, 6.07) is 20.2. The minimum Gasteiger partial charge on any atom is -0.493 e. The number of benzene rings is 2. The molecule has 0 aliphatic rings. The number of aromatic nitrogens is 1. The molecule has 0 spiro atoms. The van der Waals surface area contributed by atoms with Crippen LogP contribution in [0, 0.1) is 0 Å². The van der Waals surface area contributed by atoms with Crippen molar-refractivity contribution in [3.8, 4) is 11.5 Å². The molecular formula is C22H18N2O4. The second-order valence-electron chi connectivity index (χ2n) is 6.08. The molecular weight excluding hydrogens is 356 g/mol. The summed E-state index contributed by atoms with van der Waals surface area (Å²) >= 11 is 0. The average Bonchev–Trinajstić information content (AvgIpc) is 3.21. The molecule has 4 rings (SSSR count). The van der Waals surface area contributed by atoms with E-state index in [0.717, 1.165) is 10.9 Å². The highest BCUT2D eigenvalue weighted by molar-refractivity contribution is 6.03. The van der Waals surface area contributed by atoms with Crippen LogP contribution in [-0.2, 0) is 6.61 Å². The van der Waals surface area contributed by atoms with E-state index in [0.29, 0.717) is 22.9 Å². The predicted molar refractivity (Wildman–Crippen MR) is 106 cm³/mol. The molecule has 6 heteroatoms. The highest BCUT2D eigenvalue weighted by Gasteiger charge is 2.13. The monoisotopic (exact) mass is 374 g/mol. The number of hydrogen-bond donors (Lipinski definition) is 1. The Morgan fingerprint density at radius 3 is 2.68 bits per heavy atom. The maximum atomic E-state index is 12.4. The fourth-order valence-corrected chi connectivity index (χ4v) is 2.80. The summed E-state index contributed by atoms with van der Waals surface area (Å²) in [7, 11) is 1.58. The van der Waals surface area contributed by atoms with E-state index in [-0.39, 0.29) is 18.3 Å². The third-order valence-corrected chi connectivity index (χ3v) is 4.17. The van der Waals surface area contributed by atoms with Gasteiger partial charge >= 0.3 is 0 Å². The quantitative estimate of drug-likeness (QED) is 0.531. The van der Waals surface area contributed by atoms with Gasteiger partial charge in [0, 0.05) is 5.39 Å². The Morgan fingerprint density at radius 1 is 1.04 bits per heavy atom. The number of anilines is 1. The van der Waals surface area contributed by atoms with Crippen LogP contribution in [0.4, 0.5) is 5.69 Å². The number of hydrogen-bond acceptors (Lipinski definition) is 5. The molecule has 0 aliphatic carbocycles. The molecule has 0 radical (unpaired) electrons. The number of para-hydroxylation sites is 3. The Hall–Kier alpha value is -3.80. The van der Waals surface area contributed by atoms with Crippen molar-refractivity contribution < 1.29 is 18.7 Å². The highest BCUT2D eigenvalue weighted by Crippen LogP contribution is 2.27. The van der Waals surface area contributed by atoms with Crippen molar-refractivity contribution in [2.45, 2.75) is 6.61 Å². The van der Waals surface area contributed by atoms with Gasteiger partial charge < -0.3 is 19.2 Å². The van der Waals surface area contributed by atoms with Crippen molar-refractivity contribution >= 4 is 22.5 Å². The predicted octanol–water partition coefficient (Wildman–Crippen LogP) is 4.67. The van der Waals surface area contributed by atoms with Gasteiger partial charge in [0.25, 0.3) is 5.91 Å². The Morgan fingerprint density at radius 2 is 1.82 bits per heavy atom. The number of carbonyl (C=O) groups excluding carboxylic acids is 1. The van der Waals surface area contributed by atoms with Gasteiger partial charge in [-0.15, -0.1) is 0 Å². The van der Waals surface area contributed by atoms with Crippen LogP contribution in [0.25, 0.3) is 10.9 Å². The first-order valence-electron chi connectivity index (χ1n) is 8.73. The zero-order valence-corrected chi connectivity index (χ0v) is 15.2. The highest BCUT2D eigenvalue weighted by atomic mass is 16.5. The van der Waals surface area contributed by atoms with Crippen LogP contribution in [0.2, 0.25) is 0 Å². The standard InChI is InChI=1S/C22H18N2O4/c1-26-19-8-4-5-9-20(19)27-14-17-10-11-21(28-17)22(25)24-16-12-15-6-2-3-7-18(15)23-13-16/h2-13H,14H2,1H3,(H,24,25). The molecule has 0 aliphatic heterocycles. The lowest BCUT2D eigenvalue weighted by Gasteiger charge is -2.08. The third kappa shape index (κ3) is 3.81. The summed E-state index contributed by atoms with van der Waals surface area (Å²) in [6.07, 6.45) is 1.62. The van der Waals surface area contributed by atoms with Gasteiger partial charge in [-0.05, 0) is 36.4 Å². The Labute approximate surface area is 161 Å². The smallest absolute Gasteiger partial charge is 0.291 e. The summed E-state index contributed by atoms with van der Waals surface area (Å²) in [4.78, 5) is 16.8. The summed E-state index contributed by atoms with van der Waals surface area (Å²) in [5.41, 5.74) is 1.47. The SMILES string of the molecule is COc1ccccc1OCc1ccc(C(=O)Nc2cnc3ccccc3c2)o1. The molecule has 28 heavy (non-hydrogen) atoms. The molecule has 2 heterocycles. The minimum absolute atomic E-state index is 0.186. The molecule has 140 valence electrons. The van der Waals surface area contributed by atoms with Crippen LogP contribution in [-0.4, -0.2) is 18.0 Å². The maximum Gasteiger partial charge on any atom is 0.291 e. The summed E-state index contributed by atoms with van der Waals surface area (Å²) < 4.78 is 16.6. The van der Waals surface area contributed by atoms with Crippen LogP contribution >= 0.6 is 0 Å². The first-order valence-corrected chi connectivity index (χ1v) is 8.73. The van der Waals surface area contributed by atoms with E-state index in [4.69, 9.17) is 13.9 Å². The molecule has 2 aromatic carbocycles. The van der Waals surface area contributed by atoms with Gasteiger partial charge in [-0.25, -0.2) is 0 Å². The van der Waals surface area contributed by atoms with Crippen molar-refractivity contribution in [2.75, 3.05) is 12.4 Å². The first-order chi connectivity index (χ1) is 13.7. The van der Waals surface area contributed by atoms with Crippen molar-refractivity contribution in [2.24, 2.45) is 0 Å². The van der Waals surface area contributed by atoms with Gasteiger partial charge in [-0.1, -0.05) is 30.3 Å². The lowest BCUT2D eigenvalue weighted by atomic mass is 10.2. The molecule has 0 saturated carbocycles. The van der Waals surface area contributed by atoms with E-state index in [1.165, 1.54) is 0 Å². The summed E-state index contributed by atoms with van der Waals surface area (Å²) in [5, 5.41) is 3.75. The topological polar surface area (TPSA) is 73.6 Å². The lowest BCUT2D eigenvalue weighted by molar-refractivity contribution is 0.0992. The fraction of sp³-hybridized carbons (Fsp3) is 0.0909. The number of rotatable bonds is 6. The number of fused-ring (bicyclic) bond motifs is 1. The van der Waals surface area contributed by atoms with Crippen molar-refractivity contribution in [1.82, 2.24) is 4.98 Å². The molecule has 1 amide bonds. The molecule has 0 fully saturated rings. The lowest BCUT2D eigenvalue weighted by Crippen LogP contribution is -2.11. The van der Waals surface area contributed by atoms with Crippen LogP contribution in [0.5, 0.6) is 11.5 Å². The Kier molecular flexibility index (Phi) is 4.93. The number of ether oxygens (including phenoxy) is 2. The minimum atomic E-state index is -0.347.